The fraction of sp³-hybridized carbons (Fsp3) is 0.300. The molecule has 1 heterocycles. The third kappa shape index (κ3) is 4.25. The molecule has 1 atom stereocenters. The number of benzene rings is 2. The highest BCUT2D eigenvalue weighted by Gasteiger charge is 2.48. The number of hydrogen-bond donors (Lipinski definition) is 0. The van der Waals surface area contributed by atoms with E-state index in [1.165, 1.54) is 6.92 Å². The number of esters is 2. The van der Waals surface area contributed by atoms with Crippen molar-refractivity contribution in [3.8, 4) is 5.75 Å². The van der Waals surface area contributed by atoms with Crippen LogP contribution in [0.4, 0.5) is 0 Å². The molecule has 1 fully saturated rings. The molecule has 5 nitrogen and oxygen atoms in total. The largest absolute Gasteiger partial charge is 0.462 e. The molecule has 1 saturated heterocycles. The minimum Gasteiger partial charge on any atom is -0.462 e. The monoisotopic (exact) mass is 340 g/mol. The quantitative estimate of drug-likeness (QED) is 0.459. The Bertz CT molecular complexity index is 778. The van der Waals surface area contributed by atoms with Gasteiger partial charge in [0.05, 0.1) is 13.0 Å². The van der Waals surface area contributed by atoms with Crippen LogP contribution in [0.5, 0.6) is 5.75 Å². The summed E-state index contributed by atoms with van der Waals surface area (Å²) < 4.78 is 16.1. The van der Waals surface area contributed by atoms with Crippen LogP contribution in [-0.2, 0) is 31.1 Å². The smallest absolute Gasteiger partial charge is 0.310 e. The van der Waals surface area contributed by atoms with Crippen molar-refractivity contribution in [3.05, 3.63) is 65.2 Å². The first-order valence-corrected chi connectivity index (χ1v) is 8.12. The van der Waals surface area contributed by atoms with Crippen LogP contribution >= 0.6 is 0 Å². The second-order valence-electron chi connectivity index (χ2n) is 6.18. The summed E-state index contributed by atoms with van der Waals surface area (Å²) in [5, 5.41) is 0. The summed E-state index contributed by atoms with van der Waals surface area (Å²) in [5.74, 6) is -0.153. The van der Waals surface area contributed by atoms with E-state index in [9.17, 15) is 9.59 Å². The van der Waals surface area contributed by atoms with Gasteiger partial charge in [-0.1, -0.05) is 36.4 Å². The molecule has 0 bridgehead atoms. The molecular formula is C20H20O5. The van der Waals surface area contributed by atoms with Gasteiger partial charge in [-0.25, -0.2) is 0 Å². The Morgan fingerprint density at radius 3 is 2.48 bits per heavy atom. The highest BCUT2D eigenvalue weighted by Crippen LogP contribution is 2.41. The Morgan fingerprint density at radius 2 is 1.88 bits per heavy atom. The van der Waals surface area contributed by atoms with Gasteiger partial charge in [-0.15, -0.1) is 0 Å². The fourth-order valence-electron chi connectivity index (χ4n) is 2.79. The predicted molar refractivity (Wildman–Crippen MR) is 91.2 cm³/mol. The van der Waals surface area contributed by atoms with Crippen molar-refractivity contribution >= 4 is 11.9 Å². The van der Waals surface area contributed by atoms with E-state index in [1.807, 2.05) is 43.3 Å². The normalized spacial score (nSPS) is 18.5. The van der Waals surface area contributed by atoms with E-state index in [2.05, 4.69) is 0 Å². The second-order valence-corrected chi connectivity index (χ2v) is 6.18. The summed E-state index contributed by atoms with van der Waals surface area (Å²) >= 11 is 0. The number of rotatable bonds is 6. The number of epoxide rings is 1. The first kappa shape index (κ1) is 17.2. The van der Waals surface area contributed by atoms with Gasteiger partial charge >= 0.3 is 11.9 Å². The molecule has 25 heavy (non-hydrogen) atoms. The number of carbonyl (C=O) groups excluding carboxylic acids is 2. The first-order chi connectivity index (χ1) is 12.0. The van der Waals surface area contributed by atoms with Gasteiger partial charge in [0, 0.05) is 6.92 Å². The van der Waals surface area contributed by atoms with Crippen LogP contribution in [0.15, 0.2) is 48.5 Å². The maximum atomic E-state index is 12.0. The van der Waals surface area contributed by atoms with Crippen molar-refractivity contribution in [3.63, 3.8) is 0 Å². The van der Waals surface area contributed by atoms with Crippen LogP contribution < -0.4 is 4.74 Å². The first-order valence-electron chi connectivity index (χ1n) is 8.12. The zero-order valence-corrected chi connectivity index (χ0v) is 14.3. The Hall–Kier alpha value is -2.66. The molecule has 5 heteroatoms. The highest BCUT2D eigenvalue weighted by atomic mass is 16.6. The third-order valence-corrected chi connectivity index (χ3v) is 4.10. The van der Waals surface area contributed by atoms with Crippen molar-refractivity contribution in [2.75, 3.05) is 13.2 Å². The lowest BCUT2D eigenvalue weighted by atomic mass is 9.96. The second kappa shape index (κ2) is 7.07. The van der Waals surface area contributed by atoms with E-state index in [0.29, 0.717) is 12.4 Å². The molecule has 0 saturated carbocycles. The lowest BCUT2D eigenvalue weighted by Gasteiger charge is -2.16. The SMILES string of the molecule is CC(=O)Oc1ccc(C2(COC(=O)Cc3ccccc3)CO2)c(C)c1. The van der Waals surface area contributed by atoms with Crippen LogP contribution in [-0.4, -0.2) is 25.2 Å². The topological polar surface area (TPSA) is 65.1 Å². The molecule has 0 aromatic heterocycles. The van der Waals surface area contributed by atoms with Gasteiger partial charge in [-0.05, 0) is 35.7 Å². The van der Waals surface area contributed by atoms with Crippen LogP contribution in [0.1, 0.15) is 23.6 Å². The standard InChI is InChI=1S/C20H20O5/c1-14-10-17(25-15(2)21)8-9-18(14)20(13-24-20)12-23-19(22)11-16-6-4-3-5-7-16/h3-10H,11-13H2,1-2H3. The van der Waals surface area contributed by atoms with Crippen LogP contribution in [0.2, 0.25) is 0 Å². The molecule has 130 valence electrons. The van der Waals surface area contributed by atoms with Crippen molar-refractivity contribution in [1.82, 2.24) is 0 Å². The van der Waals surface area contributed by atoms with Gasteiger partial charge in [-0.2, -0.15) is 0 Å². The lowest BCUT2D eigenvalue weighted by molar-refractivity contribution is -0.144. The molecule has 0 radical (unpaired) electrons. The highest BCUT2D eigenvalue weighted by molar-refractivity contribution is 5.72. The van der Waals surface area contributed by atoms with Crippen molar-refractivity contribution in [2.24, 2.45) is 0 Å². The average molecular weight is 340 g/mol. The predicted octanol–water partition coefficient (Wildman–Crippen LogP) is 2.93. The van der Waals surface area contributed by atoms with E-state index in [4.69, 9.17) is 14.2 Å². The summed E-state index contributed by atoms with van der Waals surface area (Å²) in [7, 11) is 0. The minimum absolute atomic E-state index is 0.173. The Labute approximate surface area is 146 Å². The number of hydrogen-bond acceptors (Lipinski definition) is 5. The zero-order chi connectivity index (χ0) is 17.9. The van der Waals surface area contributed by atoms with Gasteiger partial charge in [-0.3, -0.25) is 9.59 Å². The molecule has 0 aliphatic carbocycles. The lowest BCUT2D eigenvalue weighted by Crippen LogP contribution is -2.22. The van der Waals surface area contributed by atoms with Crippen molar-refractivity contribution < 1.29 is 23.8 Å². The van der Waals surface area contributed by atoms with E-state index < -0.39 is 5.60 Å². The van der Waals surface area contributed by atoms with E-state index in [0.717, 1.165) is 16.7 Å². The molecule has 1 unspecified atom stereocenters. The van der Waals surface area contributed by atoms with Crippen LogP contribution in [0, 0.1) is 6.92 Å². The van der Waals surface area contributed by atoms with E-state index in [-0.39, 0.29) is 25.0 Å². The molecule has 1 aliphatic heterocycles. The van der Waals surface area contributed by atoms with Crippen molar-refractivity contribution in [1.29, 1.82) is 0 Å². The van der Waals surface area contributed by atoms with Crippen molar-refractivity contribution in [2.45, 2.75) is 25.9 Å². The maximum Gasteiger partial charge on any atom is 0.310 e. The van der Waals surface area contributed by atoms with Gasteiger partial charge in [0.25, 0.3) is 0 Å². The zero-order valence-electron chi connectivity index (χ0n) is 14.3. The van der Waals surface area contributed by atoms with Crippen LogP contribution in [0.25, 0.3) is 0 Å². The Morgan fingerprint density at radius 1 is 1.16 bits per heavy atom. The molecule has 0 spiro atoms. The summed E-state index contributed by atoms with van der Waals surface area (Å²) in [6.07, 6.45) is 0.237. The fourth-order valence-corrected chi connectivity index (χ4v) is 2.79. The molecular weight excluding hydrogens is 320 g/mol. The maximum absolute atomic E-state index is 12.0. The summed E-state index contributed by atoms with van der Waals surface area (Å²) in [4.78, 5) is 23.1. The number of aryl methyl sites for hydroxylation is 1. The third-order valence-electron chi connectivity index (χ3n) is 4.10. The molecule has 0 amide bonds. The molecule has 3 rings (SSSR count). The van der Waals surface area contributed by atoms with Gasteiger partial charge in [0.2, 0.25) is 0 Å². The van der Waals surface area contributed by atoms with Gasteiger partial charge in [0.1, 0.15) is 12.4 Å². The van der Waals surface area contributed by atoms with E-state index in [1.54, 1.807) is 12.1 Å². The minimum atomic E-state index is -0.592. The van der Waals surface area contributed by atoms with E-state index >= 15 is 0 Å². The number of ether oxygens (including phenoxy) is 3. The molecule has 0 N–H and O–H groups in total. The number of carbonyl (C=O) groups is 2. The molecule has 2 aromatic carbocycles. The van der Waals surface area contributed by atoms with Crippen LogP contribution in [0.3, 0.4) is 0 Å². The summed E-state index contributed by atoms with van der Waals surface area (Å²) in [6, 6.07) is 14.8. The summed E-state index contributed by atoms with van der Waals surface area (Å²) in [5.41, 5.74) is 2.19. The molecule has 2 aromatic rings. The average Bonchev–Trinajstić information content (AvgIpc) is 3.34. The Kier molecular flexibility index (Phi) is 4.86. The van der Waals surface area contributed by atoms with Gasteiger partial charge in [0.15, 0.2) is 5.60 Å². The molecule has 1 aliphatic rings. The van der Waals surface area contributed by atoms with Gasteiger partial charge < -0.3 is 14.2 Å². The Balaban J connectivity index is 1.62. The summed E-state index contributed by atoms with van der Waals surface area (Å²) in [6.45, 7) is 3.95.